The van der Waals surface area contributed by atoms with Crippen LogP contribution < -0.4 is 10.5 Å². The second kappa shape index (κ2) is 5.35. The molecule has 0 aliphatic carbocycles. The van der Waals surface area contributed by atoms with E-state index in [2.05, 4.69) is 4.98 Å². The normalized spacial score (nSPS) is 10.1. The molecule has 2 aromatic rings. The molecular weight excluding hydrogens is 260 g/mol. The molecule has 0 saturated carbocycles. The third-order valence-electron chi connectivity index (χ3n) is 2.55. The molecule has 0 atom stereocenters. The summed E-state index contributed by atoms with van der Waals surface area (Å²) in [4.78, 5) is 14.4. The summed E-state index contributed by atoms with van der Waals surface area (Å²) in [5, 5.41) is 18.2. The van der Waals surface area contributed by atoms with Crippen LogP contribution in [0.15, 0.2) is 36.5 Å². The lowest BCUT2D eigenvalue weighted by molar-refractivity contribution is -0.385. The topological polar surface area (TPSA) is 115 Å². The highest BCUT2D eigenvalue weighted by molar-refractivity contribution is 5.92. The third-order valence-corrected chi connectivity index (χ3v) is 2.55. The quantitative estimate of drug-likeness (QED) is 0.383. The number of aromatic nitrogens is 1. The van der Waals surface area contributed by atoms with Crippen molar-refractivity contribution in [2.24, 2.45) is 5.73 Å². The zero-order valence-electron chi connectivity index (χ0n) is 10.7. The van der Waals surface area contributed by atoms with Gasteiger partial charge in [0.1, 0.15) is 17.3 Å². The number of ether oxygens (including phenoxy) is 1. The first-order valence-corrected chi connectivity index (χ1v) is 5.70. The first-order valence-electron chi connectivity index (χ1n) is 5.70. The Kier molecular flexibility index (Phi) is 3.60. The van der Waals surface area contributed by atoms with E-state index >= 15 is 0 Å². The van der Waals surface area contributed by atoms with E-state index in [1.807, 2.05) is 0 Å². The number of nitrogen functional groups attached to an aromatic ring is 1. The van der Waals surface area contributed by atoms with Gasteiger partial charge in [0.15, 0.2) is 0 Å². The van der Waals surface area contributed by atoms with Crippen LogP contribution in [0.4, 0.5) is 5.69 Å². The van der Waals surface area contributed by atoms with Crippen LogP contribution in [0.25, 0.3) is 0 Å². The zero-order valence-corrected chi connectivity index (χ0v) is 10.7. The van der Waals surface area contributed by atoms with Crippen molar-refractivity contribution in [3.8, 4) is 11.5 Å². The van der Waals surface area contributed by atoms with Gasteiger partial charge in [-0.15, -0.1) is 0 Å². The smallest absolute Gasteiger partial charge is 0.311 e. The zero-order chi connectivity index (χ0) is 14.7. The van der Waals surface area contributed by atoms with Crippen molar-refractivity contribution in [2.45, 2.75) is 6.92 Å². The summed E-state index contributed by atoms with van der Waals surface area (Å²) in [6.45, 7) is 1.76. The molecule has 0 unspecified atom stereocenters. The fourth-order valence-electron chi connectivity index (χ4n) is 1.58. The van der Waals surface area contributed by atoms with Gasteiger partial charge in [-0.25, -0.2) is 4.98 Å². The number of nitro benzene ring substituents is 1. The highest BCUT2D eigenvalue weighted by Crippen LogP contribution is 2.31. The molecule has 102 valence electrons. The molecular formula is C13H12N4O3. The van der Waals surface area contributed by atoms with Crippen molar-refractivity contribution in [3.05, 3.63) is 57.9 Å². The first kappa shape index (κ1) is 13.5. The molecule has 0 aliphatic heterocycles. The fourth-order valence-corrected chi connectivity index (χ4v) is 1.58. The Balaban J connectivity index is 2.30. The van der Waals surface area contributed by atoms with Crippen molar-refractivity contribution >= 4 is 11.5 Å². The van der Waals surface area contributed by atoms with Crippen molar-refractivity contribution in [2.75, 3.05) is 0 Å². The van der Waals surface area contributed by atoms with Crippen LogP contribution in [-0.2, 0) is 0 Å². The van der Waals surface area contributed by atoms with Crippen molar-refractivity contribution in [1.29, 1.82) is 5.41 Å². The first-order chi connectivity index (χ1) is 9.47. The van der Waals surface area contributed by atoms with E-state index in [0.717, 1.165) is 5.56 Å². The lowest BCUT2D eigenvalue weighted by Gasteiger charge is -2.07. The number of nitrogens with zero attached hydrogens (tertiary/aromatic N) is 2. The monoisotopic (exact) mass is 272 g/mol. The molecule has 0 bridgehead atoms. The predicted molar refractivity (Wildman–Crippen MR) is 73.2 cm³/mol. The second-order valence-corrected chi connectivity index (χ2v) is 4.12. The Labute approximate surface area is 114 Å². The summed E-state index contributed by atoms with van der Waals surface area (Å²) in [6.07, 6.45) is 1.36. The van der Waals surface area contributed by atoms with E-state index < -0.39 is 4.92 Å². The van der Waals surface area contributed by atoms with Crippen LogP contribution in [0, 0.1) is 22.4 Å². The largest absolute Gasteiger partial charge is 0.449 e. The number of amidine groups is 1. The van der Waals surface area contributed by atoms with Gasteiger partial charge in [-0.2, -0.15) is 0 Å². The SMILES string of the molecule is Cc1ccc(Oc2ccc(C(=N)N)nc2)c([N+](=O)[O-])c1. The Morgan fingerprint density at radius 1 is 1.40 bits per heavy atom. The van der Waals surface area contributed by atoms with E-state index in [0.29, 0.717) is 11.4 Å². The highest BCUT2D eigenvalue weighted by atomic mass is 16.6. The van der Waals surface area contributed by atoms with E-state index in [1.54, 1.807) is 19.1 Å². The number of nitro groups is 1. The minimum absolute atomic E-state index is 0.111. The van der Waals surface area contributed by atoms with Crippen molar-refractivity contribution in [3.63, 3.8) is 0 Å². The number of pyridine rings is 1. The number of benzene rings is 1. The van der Waals surface area contributed by atoms with E-state index in [-0.39, 0.29) is 17.3 Å². The maximum absolute atomic E-state index is 11.0. The van der Waals surface area contributed by atoms with Crippen LogP contribution in [0.3, 0.4) is 0 Å². The summed E-state index contributed by atoms with van der Waals surface area (Å²) >= 11 is 0. The van der Waals surface area contributed by atoms with Gasteiger partial charge < -0.3 is 10.5 Å². The molecule has 1 aromatic heterocycles. The maximum atomic E-state index is 11.0. The Morgan fingerprint density at radius 2 is 2.15 bits per heavy atom. The summed E-state index contributed by atoms with van der Waals surface area (Å²) in [6, 6.07) is 7.75. The minimum Gasteiger partial charge on any atom is -0.449 e. The van der Waals surface area contributed by atoms with Crippen LogP contribution >= 0.6 is 0 Å². The fraction of sp³-hybridized carbons (Fsp3) is 0.0769. The van der Waals surface area contributed by atoms with Gasteiger partial charge in [0.2, 0.25) is 5.75 Å². The number of nitrogens with one attached hydrogen (secondary N) is 1. The van der Waals surface area contributed by atoms with Gasteiger partial charge in [-0.05, 0) is 30.7 Å². The number of nitrogens with two attached hydrogens (primary N) is 1. The molecule has 3 N–H and O–H groups in total. The Bertz CT molecular complexity index is 668. The molecule has 0 saturated heterocycles. The van der Waals surface area contributed by atoms with Crippen LogP contribution in [0.2, 0.25) is 0 Å². The summed E-state index contributed by atoms with van der Waals surface area (Å²) < 4.78 is 5.45. The average Bonchev–Trinajstić information content (AvgIpc) is 2.41. The lowest BCUT2D eigenvalue weighted by atomic mass is 10.2. The van der Waals surface area contributed by atoms with Gasteiger partial charge in [0, 0.05) is 6.07 Å². The molecule has 7 nitrogen and oxygen atoms in total. The third kappa shape index (κ3) is 2.89. The van der Waals surface area contributed by atoms with Crippen molar-refractivity contribution in [1.82, 2.24) is 4.98 Å². The molecule has 2 rings (SSSR count). The molecule has 1 aromatic carbocycles. The molecule has 7 heteroatoms. The standard InChI is InChI=1S/C13H12N4O3/c1-8-2-5-12(11(6-8)17(18)19)20-9-3-4-10(13(14)15)16-7-9/h2-7H,1H3,(H3,14,15). The summed E-state index contributed by atoms with van der Waals surface area (Å²) in [7, 11) is 0. The van der Waals surface area contributed by atoms with E-state index in [9.17, 15) is 10.1 Å². The van der Waals surface area contributed by atoms with Crippen LogP contribution in [0.5, 0.6) is 11.5 Å². The van der Waals surface area contributed by atoms with Crippen LogP contribution in [-0.4, -0.2) is 15.7 Å². The molecule has 20 heavy (non-hydrogen) atoms. The highest BCUT2D eigenvalue weighted by Gasteiger charge is 2.16. The molecule has 0 aliphatic rings. The molecule has 0 amide bonds. The van der Waals surface area contributed by atoms with Gasteiger partial charge in [-0.3, -0.25) is 15.5 Å². The molecule has 0 spiro atoms. The predicted octanol–water partition coefficient (Wildman–Crippen LogP) is 2.37. The van der Waals surface area contributed by atoms with Gasteiger partial charge in [-0.1, -0.05) is 6.07 Å². The minimum atomic E-state index is -0.500. The molecule has 1 heterocycles. The Hall–Kier alpha value is -2.96. The number of hydrogen-bond acceptors (Lipinski definition) is 5. The van der Waals surface area contributed by atoms with Gasteiger partial charge >= 0.3 is 5.69 Å². The average molecular weight is 272 g/mol. The second-order valence-electron chi connectivity index (χ2n) is 4.12. The van der Waals surface area contributed by atoms with Gasteiger partial charge in [0.05, 0.1) is 11.1 Å². The molecule has 0 fully saturated rings. The maximum Gasteiger partial charge on any atom is 0.311 e. The number of aryl methyl sites for hydroxylation is 1. The van der Waals surface area contributed by atoms with E-state index in [1.165, 1.54) is 24.4 Å². The Morgan fingerprint density at radius 3 is 2.70 bits per heavy atom. The number of rotatable bonds is 4. The summed E-state index contributed by atoms with van der Waals surface area (Å²) in [5.74, 6) is 0.317. The van der Waals surface area contributed by atoms with Crippen LogP contribution in [0.1, 0.15) is 11.3 Å². The van der Waals surface area contributed by atoms with Crippen molar-refractivity contribution < 1.29 is 9.66 Å². The lowest BCUT2D eigenvalue weighted by Crippen LogP contribution is -2.12. The summed E-state index contributed by atoms with van der Waals surface area (Å²) in [5.41, 5.74) is 6.26. The van der Waals surface area contributed by atoms with Gasteiger partial charge in [0.25, 0.3) is 0 Å². The van der Waals surface area contributed by atoms with E-state index in [4.69, 9.17) is 15.9 Å². The molecule has 0 radical (unpaired) electrons. The number of hydrogen-bond donors (Lipinski definition) is 2.